The van der Waals surface area contributed by atoms with Crippen molar-refractivity contribution in [3.8, 4) is 11.3 Å². The number of anilines is 1. The van der Waals surface area contributed by atoms with E-state index in [0.717, 1.165) is 10.6 Å². The fourth-order valence-electron chi connectivity index (χ4n) is 1.83. The summed E-state index contributed by atoms with van der Waals surface area (Å²) in [5.41, 5.74) is 7.65. The molecule has 0 atom stereocenters. The van der Waals surface area contributed by atoms with E-state index < -0.39 is 0 Å². The summed E-state index contributed by atoms with van der Waals surface area (Å²) in [4.78, 5) is 0. The van der Waals surface area contributed by atoms with Crippen LogP contribution in [0.5, 0.6) is 0 Å². The normalized spacial score (nSPS) is 15.3. The van der Waals surface area contributed by atoms with Gasteiger partial charge in [-0.2, -0.15) is 0 Å². The molecule has 0 saturated heterocycles. The number of hydrogen-bond donors (Lipinski definition) is 1. The van der Waals surface area contributed by atoms with E-state index in [0.29, 0.717) is 17.5 Å². The number of rotatable bonds is 2. The first kappa shape index (κ1) is 9.73. The smallest absolute Gasteiger partial charge is 0.169 e. The van der Waals surface area contributed by atoms with Crippen molar-refractivity contribution in [1.29, 1.82) is 0 Å². The number of benzene rings is 1. The van der Waals surface area contributed by atoms with Crippen molar-refractivity contribution >= 4 is 17.4 Å². The van der Waals surface area contributed by atoms with Gasteiger partial charge in [-0.25, -0.2) is 0 Å². The van der Waals surface area contributed by atoms with Gasteiger partial charge in [0.15, 0.2) is 11.6 Å². The van der Waals surface area contributed by atoms with Gasteiger partial charge in [0.2, 0.25) is 0 Å². The minimum atomic E-state index is 0.386. The van der Waals surface area contributed by atoms with Crippen LogP contribution in [-0.2, 0) is 0 Å². The zero-order valence-corrected chi connectivity index (χ0v) is 9.37. The van der Waals surface area contributed by atoms with Crippen LogP contribution in [0.25, 0.3) is 11.3 Å². The van der Waals surface area contributed by atoms with Crippen molar-refractivity contribution < 1.29 is 4.52 Å². The van der Waals surface area contributed by atoms with Gasteiger partial charge in [0.1, 0.15) is 0 Å². The van der Waals surface area contributed by atoms with Crippen molar-refractivity contribution in [2.45, 2.75) is 18.8 Å². The summed E-state index contributed by atoms with van der Waals surface area (Å²) in [5, 5.41) is 4.45. The first-order chi connectivity index (χ1) is 7.74. The van der Waals surface area contributed by atoms with Gasteiger partial charge >= 0.3 is 0 Å². The molecule has 2 N–H and O–H groups in total. The summed E-state index contributed by atoms with van der Waals surface area (Å²) in [6, 6.07) is 7.67. The van der Waals surface area contributed by atoms with Crippen LogP contribution >= 0.6 is 11.6 Å². The summed E-state index contributed by atoms with van der Waals surface area (Å²) in [6.07, 6.45) is 2.49. The minimum absolute atomic E-state index is 0.386. The molecule has 1 heterocycles. The summed E-state index contributed by atoms with van der Waals surface area (Å²) < 4.78 is 5.09. The van der Waals surface area contributed by atoms with Crippen LogP contribution in [-0.4, -0.2) is 5.16 Å². The fraction of sp³-hybridized carbons (Fsp3) is 0.250. The van der Waals surface area contributed by atoms with Crippen LogP contribution in [0.4, 0.5) is 5.82 Å². The van der Waals surface area contributed by atoms with Crippen molar-refractivity contribution in [2.75, 3.05) is 5.73 Å². The molecular weight excluding hydrogens is 224 g/mol. The molecule has 3 rings (SSSR count). The number of halogens is 1. The maximum absolute atomic E-state index is 6.23. The molecule has 0 unspecified atom stereocenters. The van der Waals surface area contributed by atoms with E-state index in [4.69, 9.17) is 21.9 Å². The van der Waals surface area contributed by atoms with E-state index >= 15 is 0 Å². The van der Waals surface area contributed by atoms with E-state index in [1.807, 2.05) is 12.1 Å². The second-order valence-electron chi connectivity index (χ2n) is 4.13. The lowest BCUT2D eigenvalue weighted by atomic mass is 10.1. The van der Waals surface area contributed by atoms with Crippen molar-refractivity contribution in [1.82, 2.24) is 5.16 Å². The molecule has 1 aromatic heterocycles. The largest absolute Gasteiger partial charge is 0.381 e. The Morgan fingerprint density at radius 1 is 1.31 bits per heavy atom. The second kappa shape index (κ2) is 3.52. The Morgan fingerprint density at radius 3 is 2.69 bits per heavy atom. The molecule has 1 fully saturated rings. The first-order valence-electron chi connectivity index (χ1n) is 5.26. The lowest BCUT2D eigenvalue weighted by Gasteiger charge is -2.03. The molecule has 0 aliphatic heterocycles. The van der Waals surface area contributed by atoms with Crippen LogP contribution in [0.3, 0.4) is 0 Å². The maximum Gasteiger partial charge on any atom is 0.169 e. The van der Waals surface area contributed by atoms with E-state index in [1.54, 1.807) is 6.07 Å². The number of hydrogen-bond acceptors (Lipinski definition) is 3. The van der Waals surface area contributed by atoms with Gasteiger partial charge in [-0.1, -0.05) is 28.9 Å². The molecular formula is C12H11ClN2O. The van der Waals surface area contributed by atoms with Crippen LogP contribution in [0.2, 0.25) is 5.02 Å². The molecule has 16 heavy (non-hydrogen) atoms. The quantitative estimate of drug-likeness (QED) is 0.866. The predicted molar refractivity (Wildman–Crippen MR) is 63.3 cm³/mol. The van der Waals surface area contributed by atoms with Crippen LogP contribution in [0.1, 0.15) is 24.3 Å². The first-order valence-corrected chi connectivity index (χ1v) is 5.64. The molecule has 4 heteroatoms. The fourth-order valence-corrected chi connectivity index (χ4v) is 2.17. The Labute approximate surface area is 98.2 Å². The number of aromatic nitrogens is 1. The van der Waals surface area contributed by atoms with Crippen molar-refractivity contribution in [2.24, 2.45) is 0 Å². The highest BCUT2D eigenvalue weighted by Gasteiger charge is 2.25. The number of nitrogen functional groups attached to an aromatic ring is 1. The van der Waals surface area contributed by atoms with E-state index in [1.165, 1.54) is 18.4 Å². The molecule has 1 aliphatic rings. The predicted octanol–water partition coefficient (Wildman–Crippen LogP) is 3.45. The summed E-state index contributed by atoms with van der Waals surface area (Å²) in [7, 11) is 0. The lowest BCUT2D eigenvalue weighted by Crippen LogP contribution is -1.83. The average Bonchev–Trinajstić information content (AvgIpc) is 3.01. The molecule has 82 valence electrons. The van der Waals surface area contributed by atoms with E-state index in [9.17, 15) is 0 Å². The Balaban J connectivity index is 1.99. The molecule has 0 spiro atoms. The third kappa shape index (κ3) is 1.67. The van der Waals surface area contributed by atoms with Crippen molar-refractivity contribution in [3.63, 3.8) is 0 Å². The number of nitrogens with two attached hydrogens (primary N) is 1. The lowest BCUT2D eigenvalue weighted by molar-refractivity contribution is 0.436. The number of nitrogens with zero attached hydrogens (tertiary/aromatic N) is 1. The molecule has 1 aliphatic carbocycles. The summed E-state index contributed by atoms with van der Waals surface area (Å²) >= 11 is 6.23. The SMILES string of the molecule is Nc1cc(-c2ccc(C3CC3)c(Cl)c2)on1. The van der Waals surface area contributed by atoms with Gasteiger partial charge in [-0.15, -0.1) is 0 Å². The third-order valence-electron chi connectivity index (χ3n) is 2.83. The van der Waals surface area contributed by atoms with E-state index in [-0.39, 0.29) is 0 Å². The highest BCUT2D eigenvalue weighted by Crippen LogP contribution is 2.44. The molecule has 0 amide bonds. The van der Waals surface area contributed by atoms with E-state index in [2.05, 4.69) is 11.2 Å². The molecule has 1 aromatic carbocycles. The highest BCUT2D eigenvalue weighted by atomic mass is 35.5. The summed E-state index contributed by atoms with van der Waals surface area (Å²) in [5.74, 6) is 1.69. The maximum atomic E-state index is 6.23. The Bertz CT molecular complexity index is 532. The highest BCUT2D eigenvalue weighted by molar-refractivity contribution is 6.31. The molecule has 3 nitrogen and oxygen atoms in total. The molecule has 1 saturated carbocycles. The van der Waals surface area contributed by atoms with Crippen LogP contribution in [0.15, 0.2) is 28.8 Å². The minimum Gasteiger partial charge on any atom is -0.381 e. The topological polar surface area (TPSA) is 52.0 Å². The van der Waals surface area contributed by atoms with Gasteiger partial charge in [0, 0.05) is 16.7 Å². The Kier molecular flexibility index (Phi) is 2.14. The van der Waals surface area contributed by atoms with Crippen LogP contribution in [0, 0.1) is 0 Å². The van der Waals surface area contributed by atoms with Gasteiger partial charge in [0.05, 0.1) is 0 Å². The van der Waals surface area contributed by atoms with Crippen molar-refractivity contribution in [3.05, 3.63) is 34.9 Å². The van der Waals surface area contributed by atoms with Gasteiger partial charge < -0.3 is 10.3 Å². The average molecular weight is 235 g/mol. The van der Waals surface area contributed by atoms with Gasteiger partial charge in [0.25, 0.3) is 0 Å². The molecule has 0 radical (unpaired) electrons. The van der Waals surface area contributed by atoms with Crippen LogP contribution < -0.4 is 5.73 Å². The monoisotopic (exact) mass is 234 g/mol. The molecule has 0 bridgehead atoms. The summed E-state index contributed by atoms with van der Waals surface area (Å²) in [6.45, 7) is 0. The van der Waals surface area contributed by atoms with Gasteiger partial charge in [-0.3, -0.25) is 0 Å². The third-order valence-corrected chi connectivity index (χ3v) is 3.16. The second-order valence-corrected chi connectivity index (χ2v) is 4.53. The Hall–Kier alpha value is -1.48. The standard InChI is InChI=1S/C12H11ClN2O/c13-10-5-8(11-6-12(14)15-16-11)3-4-9(10)7-1-2-7/h3-7H,1-2H2,(H2,14,15). The molecule has 2 aromatic rings. The zero-order valence-electron chi connectivity index (χ0n) is 8.61. The zero-order chi connectivity index (χ0) is 11.1. The van der Waals surface area contributed by atoms with Gasteiger partial charge in [-0.05, 0) is 30.4 Å². The Morgan fingerprint density at radius 2 is 2.12 bits per heavy atom.